The van der Waals surface area contributed by atoms with Gasteiger partial charge in [-0.15, -0.1) is 11.3 Å². The van der Waals surface area contributed by atoms with Crippen LogP contribution in [0.15, 0.2) is 24.3 Å². The van der Waals surface area contributed by atoms with E-state index >= 15 is 0 Å². The Hall–Kier alpha value is -1.42. The van der Waals surface area contributed by atoms with Crippen LogP contribution in [-0.4, -0.2) is 4.98 Å². The fourth-order valence-electron chi connectivity index (χ4n) is 1.28. The van der Waals surface area contributed by atoms with Gasteiger partial charge in [0.15, 0.2) is 0 Å². The van der Waals surface area contributed by atoms with E-state index in [1.807, 2.05) is 13.8 Å². The first kappa shape index (κ1) is 11.1. The molecule has 0 aliphatic carbocycles. The van der Waals surface area contributed by atoms with Gasteiger partial charge in [-0.2, -0.15) is 0 Å². The van der Waals surface area contributed by atoms with Gasteiger partial charge in [0, 0.05) is 4.88 Å². The number of halogens is 1. The SMILES string of the molecule is Cc1nc(COc2ccc(F)cc2)sc1C. The minimum Gasteiger partial charge on any atom is -0.486 e. The lowest BCUT2D eigenvalue weighted by Crippen LogP contribution is -1.94. The Morgan fingerprint density at radius 2 is 1.94 bits per heavy atom. The molecule has 16 heavy (non-hydrogen) atoms. The normalized spacial score (nSPS) is 10.4. The first-order valence-electron chi connectivity index (χ1n) is 4.96. The summed E-state index contributed by atoms with van der Waals surface area (Å²) >= 11 is 1.63. The Morgan fingerprint density at radius 3 is 2.50 bits per heavy atom. The highest BCUT2D eigenvalue weighted by atomic mass is 32.1. The van der Waals surface area contributed by atoms with Crippen LogP contribution in [0.5, 0.6) is 5.75 Å². The van der Waals surface area contributed by atoms with Crippen LogP contribution in [0, 0.1) is 19.7 Å². The maximum atomic E-state index is 12.6. The van der Waals surface area contributed by atoms with Gasteiger partial charge < -0.3 is 4.74 Å². The second-order valence-electron chi connectivity index (χ2n) is 3.49. The molecular formula is C12H12FNOS. The Balaban J connectivity index is 1.99. The van der Waals surface area contributed by atoms with Crippen molar-refractivity contribution >= 4 is 11.3 Å². The summed E-state index contributed by atoms with van der Waals surface area (Å²) in [7, 11) is 0. The highest BCUT2D eigenvalue weighted by Crippen LogP contribution is 2.19. The third-order valence-electron chi connectivity index (χ3n) is 2.25. The van der Waals surface area contributed by atoms with E-state index in [-0.39, 0.29) is 5.82 Å². The number of rotatable bonds is 3. The van der Waals surface area contributed by atoms with Gasteiger partial charge in [0.05, 0.1) is 5.69 Å². The number of thiazole rings is 1. The molecule has 0 saturated heterocycles. The molecule has 0 bridgehead atoms. The Labute approximate surface area is 97.7 Å². The first-order valence-corrected chi connectivity index (χ1v) is 5.78. The number of hydrogen-bond acceptors (Lipinski definition) is 3. The molecule has 4 heteroatoms. The van der Waals surface area contributed by atoms with Gasteiger partial charge in [0.25, 0.3) is 0 Å². The minimum atomic E-state index is -0.256. The average Bonchev–Trinajstić information content (AvgIpc) is 2.58. The fourth-order valence-corrected chi connectivity index (χ4v) is 2.12. The predicted octanol–water partition coefficient (Wildman–Crippen LogP) is 3.48. The van der Waals surface area contributed by atoms with Gasteiger partial charge in [0.2, 0.25) is 0 Å². The van der Waals surface area contributed by atoms with Gasteiger partial charge in [-0.3, -0.25) is 0 Å². The van der Waals surface area contributed by atoms with E-state index in [1.165, 1.54) is 17.0 Å². The average molecular weight is 237 g/mol. The van der Waals surface area contributed by atoms with Crippen LogP contribution < -0.4 is 4.74 Å². The van der Waals surface area contributed by atoms with Crippen molar-refractivity contribution in [2.75, 3.05) is 0 Å². The van der Waals surface area contributed by atoms with Crippen molar-refractivity contribution < 1.29 is 9.13 Å². The minimum absolute atomic E-state index is 0.256. The molecular weight excluding hydrogens is 225 g/mol. The van der Waals surface area contributed by atoms with Crippen molar-refractivity contribution in [1.29, 1.82) is 0 Å². The van der Waals surface area contributed by atoms with E-state index in [0.29, 0.717) is 12.4 Å². The van der Waals surface area contributed by atoms with Crippen LogP contribution in [-0.2, 0) is 6.61 Å². The lowest BCUT2D eigenvalue weighted by Gasteiger charge is -2.02. The molecule has 0 saturated carbocycles. The van der Waals surface area contributed by atoms with E-state index in [1.54, 1.807) is 23.5 Å². The number of aromatic nitrogens is 1. The van der Waals surface area contributed by atoms with Crippen molar-refractivity contribution in [2.24, 2.45) is 0 Å². The van der Waals surface area contributed by atoms with Crippen LogP contribution in [0.1, 0.15) is 15.6 Å². The van der Waals surface area contributed by atoms with E-state index in [4.69, 9.17) is 4.74 Å². The van der Waals surface area contributed by atoms with Crippen LogP contribution in [0.2, 0.25) is 0 Å². The number of benzene rings is 1. The van der Waals surface area contributed by atoms with E-state index in [9.17, 15) is 4.39 Å². The van der Waals surface area contributed by atoms with Gasteiger partial charge in [-0.1, -0.05) is 0 Å². The second kappa shape index (κ2) is 4.61. The predicted molar refractivity (Wildman–Crippen MR) is 62.3 cm³/mol. The lowest BCUT2D eigenvalue weighted by molar-refractivity contribution is 0.305. The molecule has 0 amide bonds. The number of hydrogen-bond donors (Lipinski definition) is 0. The summed E-state index contributed by atoms with van der Waals surface area (Å²) < 4.78 is 18.1. The summed E-state index contributed by atoms with van der Waals surface area (Å²) in [5.41, 5.74) is 1.04. The summed E-state index contributed by atoms with van der Waals surface area (Å²) in [6, 6.07) is 5.99. The third-order valence-corrected chi connectivity index (χ3v) is 3.30. The quantitative estimate of drug-likeness (QED) is 0.815. The molecule has 1 heterocycles. The monoisotopic (exact) mass is 237 g/mol. The summed E-state index contributed by atoms with van der Waals surface area (Å²) in [5, 5.41) is 0.944. The largest absolute Gasteiger partial charge is 0.486 e. The van der Waals surface area contributed by atoms with Crippen molar-refractivity contribution in [1.82, 2.24) is 4.98 Å². The smallest absolute Gasteiger partial charge is 0.140 e. The maximum absolute atomic E-state index is 12.6. The topological polar surface area (TPSA) is 22.1 Å². The van der Waals surface area contributed by atoms with Crippen LogP contribution in [0.3, 0.4) is 0 Å². The molecule has 0 N–H and O–H groups in total. The molecule has 0 aliphatic rings. The Kier molecular flexibility index (Phi) is 3.19. The van der Waals surface area contributed by atoms with E-state index < -0.39 is 0 Å². The number of ether oxygens (including phenoxy) is 1. The number of aryl methyl sites for hydroxylation is 2. The van der Waals surface area contributed by atoms with Crippen molar-refractivity contribution in [2.45, 2.75) is 20.5 Å². The molecule has 2 aromatic rings. The van der Waals surface area contributed by atoms with Gasteiger partial charge >= 0.3 is 0 Å². The van der Waals surface area contributed by atoms with E-state index in [0.717, 1.165) is 10.7 Å². The Morgan fingerprint density at radius 1 is 1.25 bits per heavy atom. The molecule has 2 nitrogen and oxygen atoms in total. The molecule has 0 aliphatic heterocycles. The molecule has 2 rings (SSSR count). The zero-order chi connectivity index (χ0) is 11.5. The maximum Gasteiger partial charge on any atom is 0.140 e. The van der Waals surface area contributed by atoms with Crippen molar-refractivity contribution in [3.8, 4) is 5.75 Å². The molecule has 0 atom stereocenters. The van der Waals surface area contributed by atoms with Gasteiger partial charge in [-0.25, -0.2) is 9.37 Å². The molecule has 0 fully saturated rings. The highest BCUT2D eigenvalue weighted by molar-refractivity contribution is 7.11. The van der Waals surface area contributed by atoms with Crippen molar-refractivity contribution in [3.63, 3.8) is 0 Å². The summed E-state index contributed by atoms with van der Waals surface area (Å²) in [4.78, 5) is 5.57. The van der Waals surface area contributed by atoms with Crippen LogP contribution in [0.4, 0.5) is 4.39 Å². The fraction of sp³-hybridized carbons (Fsp3) is 0.250. The standard InChI is InChI=1S/C12H12FNOS/c1-8-9(2)16-12(14-8)7-15-11-5-3-10(13)4-6-11/h3-6H,7H2,1-2H3. The van der Waals surface area contributed by atoms with Crippen molar-refractivity contribution in [3.05, 3.63) is 45.7 Å². The highest BCUT2D eigenvalue weighted by Gasteiger charge is 2.04. The molecule has 0 unspecified atom stereocenters. The molecule has 0 spiro atoms. The molecule has 1 aromatic heterocycles. The zero-order valence-electron chi connectivity index (χ0n) is 9.16. The summed E-state index contributed by atoms with van der Waals surface area (Å²) in [6.45, 7) is 4.45. The summed E-state index contributed by atoms with van der Waals surface area (Å²) in [5.74, 6) is 0.403. The molecule has 1 aromatic carbocycles. The molecule has 0 radical (unpaired) electrons. The van der Waals surface area contributed by atoms with Crippen LogP contribution in [0.25, 0.3) is 0 Å². The van der Waals surface area contributed by atoms with Crippen LogP contribution >= 0.6 is 11.3 Å². The van der Waals surface area contributed by atoms with Gasteiger partial charge in [-0.05, 0) is 38.1 Å². The molecule has 84 valence electrons. The Bertz CT molecular complexity index is 459. The zero-order valence-corrected chi connectivity index (χ0v) is 9.97. The van der Waals surface area contributed by atoms with Gasteiger partial charge in [0.1, 0.15) is 23.2 Å². The number of nitrogens with zero attached hydrogens (tertiary/aromatic N) is 1. The summed E-state index contributed by atoms with van der Waals surface area (Å²) in [6.07, 6.45) is 0. The second-order valence-corrected chi connectivity index (χ2v) is 4.78. The van der Waals surface area contributed by atoms with E-state index in [2.05, 4.69) is 4.98 Å². The first-order chi connectivity index (χ1) is 7.65. The lowest BCUT2D eigenvalue weighted by atomic mass is 10.3. The third kappa shape index (κ3) is 2.58.